The summed E-state index contributed by atoms with van der Waals surface area (Å²) < 4.78 is 18.7. The highest BCUT2D eigenvalue weighted by Crippen LogP contribution is 2.26. The maximum Gasteiger partial charge on any atom is 0.258 e. The number of ether oxygens (including phenoxy) is 1. The fourth-order valence-electron chi connectivity index (χ4n) is 1.59. The smallest absolute Gasteiger partial charge is 0.258 e. The average molecular weight is 314 g/mol. The van der Waals surface area contributed by atoms with E-state index < -0.39 is 0 Å². The molecule has 0 saturated heterocycles. The molecular weight excluding hydrogens is 301 g/mol. The lowest BCUT2D eigenvalue weighted by molar-refractivity contribution is -0.123. The average Bonchev–Trinajstić information content (AvgIpc) is 2.85. The van der Waals surface area contributed by atoms with Gasteiger partial charge in [0.1, 0.15) is 11.6 Å². The molecule has 1 N–H and O–H groups in total. The van der Waals surface area contributed by atoms with Crippen LogP contribution in [0.3, 0.4) is 0 Å². The molecule has 20 heavy (non-hydrogen) atoms. The second-order valence-electron chi connectivity index (χ2n) is 4.17. The van der Waals surface area contributed by atoms with Gasteiger partial charge < -0.3 is 10.1 Å². The summed E-state index contributed by atoms with van der Waals surface area (Å²) >= 11 is 7.27. The van der Waals surface area contributed by atoms with Crippen LogP contribution in [0.15, 0.2) is 36.4 Å². The Kier molecular flexibility index (Phi) is 4.98. The molecule has 106 valence electrons. The molecule has 0 bridgehead atoms. The number of carbonyl (C=O) groups excluding carboxylic acids is 1. The second-order valence-corrected chi connectivity index (χ2v) is 5.92. The summed E-state index contributed by atoms with van der Waals surface area (Å²) in [5.74, 6) is -0.135. The Balaban J connectivity index is 1.82. The molecule has 0 aliphatic heterocycles. The van der Waals surface area contributed by atoms with Gasteiger partial charge in [-0.3, -0.25) is 4.79 Å². The van der Waals surface area contributed by atoms with E-state index in [2.05, 4.69) is 5.32 Å². The predicted molar refractivity (Wildman–Crippen MR) is 77.8 cm³/mol. The SMILES string of the molecule is CC(NC(=O)COc1ccc(F)cc1)c1ccc(Cl)s1. The number of hydrogen-bond acceptors (Lipinski definition) is 3. The molecule has 3 nitrogen and oxygen atoms in total. The van der Waals surface area contributed by atoms with Crippen molar-refractivity contribution in [1.29, 1.82) is 0 Å². The fourth-order valence-corrected chi connectivity index (χ4v) is 2.66. The summed E-state index contributed by atoms with van der Waals surface area (Å²) in [6, 6.07) is 9.05. The number of amides is 1. The zero-order chi connectivity index (χ0) is 14.5. The van der Waals surface area contributed by atoms with E-state index in [0.717, 1.165) is 4.88 Å². The van der Waals surface area contributed by atoms with Gasteiger partial charge in [0.05, 0.1) is 10.4 Å². The summed E-state index contributed by atoms with van der Waals surface area (Å²) in [7, 11) is 0. The lowest BCUT2D eigenvalue weighted by Gasteiger charge is -2.12. The molecule has 0 radical (unpaired) electrons. The Bertz CT molecular complexity index is 585. The molecule has 2 rings (SSSR count). The van der Waals surface area contributed by atoms with Crippen molar-refractivity contribution in [2.24, 2.45) is 0 Å². The first-order chi connectivity index (χ1) is 9.54. The zero-order valence-electron chi connectivity index (χ0n) is 10.7. The minimum Gasteiger partial charge on any atom is -0.484 e. The Hall–Kier alpha value is -1.59. The minimum absolute atomic E-state index is 0.116. The fraction of sp³-hybridized carbons (Fsp3) is 0.214. The van der Waals surface area contributed by atoms with Gasteiger partial charge in [0.25, 0.3) is 5.91 Å². The van der Waals surface area contributed by atoms with Crippen molar-refractivity contribution in [2.45, 2.75) is 13.0 Å². The second kappa shape index (κ2) is 6.72. The van der Waals surface area contributed by atoms with Crippen molar-refractivity contribution >= 4 is 28.8 Å². The molecule has 6 heteroatoms. The first kappa shape index (κ1) is 14.8. The predicted octanol–water partition coefficient (Wildman–Crippen LogP) is 3.80. The Morgan fingerprint density at radius 1 is 1.35 bits per heavy atom. The van der Waals surface area contributed by atoms with E-state index in [4.69, 9.17) is 16.3 Å². The van der Waals surface area contributed by atoms with Crippen LogP contribution in [-0.4, -0.2) is 12.5 Å². The molecule has 1 unspecified atom stereocenters. The number of thiophene rings is 1. The van der Waals surface area contributed by atoms with Gasteiger partial charge in [-0.25, -0.2) is 4.39 Å². The summed E-state index contributed by atoms with van der Waals surface area (Å²) in [4.78, 5) is 12.7. The van der Waals surface area contributed by atoms with Crippen LogP contribution in [0.1, 0.15) is 17.8 Å². The molecule has 1 aromatic carbocycles. The zero-order valence-corrected chi connectivity index (χ0v) is 12.3. The summed E-state index contributed by atoms with van der Waals surface area (Å²) in [6.07, 6.45) is 0. The van der Waals surface area contributed by atoms with Gasteiger partial charge in [-0.15, -0.1) is 11.3 Å². The van der Waals surface area contributed by atoms with Crippen molar-refractivity contribution < 1.29 is 13.9 Å². The number of hydrogen-bond donors (Lipinski definition) is 1. The maximum atomic E-state index is 12.7. The van der Waals surface area contributed by atoms with E-state index in [-0.39, 0.29) is 24.4 Å². The first-order valence-corrected chi connectivity index (χ1v) is 7.17. The first-order valence-electron chi connectivity index (χ1n) is 5.97. The third-order valence-electron chi connectivity index (χ3n) is 2.58. The van der Waals surface area contributed by atoms with Crippen LogP contribution in [0.25, 0.3) is 0 Å². The number of benzene rings is 1. The standard InChI is InChI=1S/C14H13ClFNO2S/c1-9(12-6-7-13(15)20-12)17-14(18)8-19-11-4-2-10(16)3-5-11/h2-7,9H,8H2,1H3,(H,17,18). The van der Waals surface area contributed by atoms with E-state index in [9.17, 15) is 9.18 Å². The van der Waals surface area contributed by atoms with Crippen LogP contribution in [0.5, 0.6) is 5.75 Å². The number of halogens is 2. The largest absolute Gasteiger partial charge is 0.484 e. The van der Waals surface area contributed by atoms with Gasteiger partial charge in [0.15, 0.2) is 6.61 Å². The normalized spacial score (nSPS) is 11.9. The van der Waals surface area contributed by atoms with Crippen molar-refractivity contribution in [3.8, 4) is 5.75 Å². The van der Waals surface area contributed by atoms with Crippen LogP contribution < -0.4 is 10.1 Å². The molecule has 0 aliphatic carbocycles. The number of carbonyl (C=O) groups is 1. The highest BCUT2D eigenvalue weighted by molar-refractivity contribution is 7.16. The van der Waals surface area contributed by atoms with Gasteiger partial charge in [0.2, 0.25) is 0 Å². The van der Waals surface area contributed by atoms with Crippen LogP contribution in [-0.2, 0) is 4.79 Å². The van der Waals surface area contributed by atoms with E-state index in [1.54, 1.807) is 6.07 Å². The number of nitrogens with one attached hydrogen (secondary N) is 1. The number of rotatable bonds is 5. The summed E-state index contributed by atoms with van der Waals surface area (Å²) in [5, 5.41) is 2.80. The maximum absolute atomic E-state index is 12.7. The van der Waals surface area contributed by atoms with Gasteiger partial charge in [-0.05, 0) is 43.3 Å². The third-order valence-corrected chi connectivity index (χ3v) is 4.00. The van der Waals surface area contributed by atoms with Crippen LogP contribution in [0, 0.1) is 5.82 Å². The quantitative estimate of drug-likeness (QED) is 0.912. The lowest BCUT2D eigenvalue weighted by atomic mass is 10.3. The van der Waals surface area contributed by atoms with E-state index in [0.29, 0.717) is 10.1 Å². The van der Waals surface area contributed by atoms with E-state index in [1.165, 1.54) is 35.6 Å². The summed E-state index contributed by atoms with van der Waals surface area (Å²) in [5.41, 5.74) is 0. The molecular formula is C14H13ClFNO2S. The highest BCUT2D eigenvalue weighted by atomic mass is 35.5. The van der Waals surface area contributed by atoms with Gasteiger partial charge in [-0.1, -0.05) is 11.6 Å². The van der Waals surface area contributed by atoms with E-state index in [1.807, 2.05) is 13.0 Å². The molecule has 1 amide bonds. The molecule has 1 atom stereocenters. The monoisotopic (exact) mass is 313 g/mol. The van der Waals surface area contributed by atoms with Gasteiger partial charge >= 0.3 is 0 Å². The summed E-state index contributed by atoms with van der Waals surface area (Å²) in [6.45, 7) is 1.76. The van der Waals surface area contributed by atoms with Gasteiger partial charge in [-0.2, -0.15) is 0 Å². The molecule has 0 fully saturated rings. The lowest BCUT2D eigenvalue weighted by Crippen LogP contribution is -2.30. The third kappa shape index (κ3) is 4.21. The molecule has 0 aliphatic rings. The molecule has 0 saturated carbocycles. The Morgan fingerprint density at radius 3 is 2.65 bits per heavy atom. The van der Waals surface area contributed by atoms with Crippen LogP contribution in [0.2, 0.25) is 4.34 Å². The van der Waals surface area contributed by atoms with Crippen molar-refractivity contribution in [2.75, 3.05) is 6.61 Å². The van der Waals surface area contributed by atoms with Gasteiger partial charge in [0, 0.05) is 4.88 Å². The topological polar surface area (TPSA) is 38.3 Å². The minimum atomic E-state index is -0.343. The van der Waals surface area contributed by atoms with Crippen molar-refractivity contribution in [3.05, 3.63) is 51.4 Å². The molecule has 1 heterocycles. The Labute approximate surface area is 125 Å². The molecule has 2 aromatic rings. The Morgan fingerprint density at radius 2 is 2.05 bits per heavy atom. The molecule has 1 aromatic heterocycles. The van der Waals surface area contributed by atoms with Crippen LogP contribution >= 0.6 is 22.9 Å². The van der Waals surface area contributed by atoms with Crippen molar-refractivity contribution in [3.63, 3.8) is 0 Å². The van der Waals surface area contributed by atoms with Crippen molar-refractivity contribution in [1.82, 2.24) is 5.32 Å². The molecule has 0 spiro atoms. The highest BCUT2D eigenvalue weighted by Gasteiger charge is 2.12. The van der Waals surface area contributed by atoms with E-state index >= 15 is 0 Å². The van der Waals surface area contributed by atoms with Crippen LogP contribution in [0.4, 0.5) is 4.39 Å².